The first-order valence-corrected chi connectivity index (χ1v) is 7.12. The molecule has 2 heterocycles. The SMILES string of the molecule is CC(=O)N1CCCN(c2cc(N)nc(C(C)C)n2)CC1. The van der Waals surface area contributed by atoms with Crippen LogP contribution in [0.3, 0.4) is 0 Å². The Morgan fingerprint density at radius 1 is 1.25 bits per heavy atom. The van der Waals surface area contributed by atoms with E-state index >= 15 is 0 Å². The van der Waals surface area contributed by atoms with E-state index in [9.17, 15) is 4.79 Å². The molecular formula is C14H23N5O. The summed E-state index contributed by atoms with van der Waals surface area (Å²) in [5, 5.41) is 0. The van der Waals surface area contributed by atoms with Crippen LogP contribution in [0.1, 0.15) is 38.9 Å². The summed E-state index contributed by atoms with van der Waals surface area (Å²) in [6.45, 7) is 8.94. The number of nitrogens with two attached hydrogens (primary N) is 1. The largest absolute Gasteiger partial charge is 0.384 e. The summed E-state index contributed by atoms with van der Waals surface area (Å²) in [7, 11) is 0. The summed E-state index contributed by atoms with van der Waals surface area (Å²) >= 11 is 0. The van der Waals surface area contributed by atoms with Crippen LogP contribution < -0.4 is 10.6 Å². The molecule has 1 aromatic heterocycles. The van der Waals surface area contributed by atoms with E-state index < -0.39 is 0 Å². The molecule has 0 saturated carbocycles. The van der Waals surface area contributed by atoms with Crippen molar-refractivity contribution in [2.24, 2.45) is 0 Å². The maximum absolute atomic E-state index is 11.5. The average Bonchev–Trinajstić information content (AvgIpc) is 2.63. The van der Waals surface area contributed by atoms with Crippen LogP contribution >= 0.6 is 0 Å². The molecule has 1 aliphatic heterocycles. The van der Waals surface area contributed by atoms with Crippen LogP contribution in [0.25, 0.3) is 0 Å². The molecule has 1 aromatic rings. The first kappa shape index (κ1) is 14.6. The fourth-order valence-corrected chi connectivity index (χ4v) is 2.35. The highest BCUT2D eigenvalue weighted by molar-refractivity contribution is 5.73. The third-order valence-corrected chi connectivity index (χ3v) is 3.53. The summed E-state index contributed by atoms with van der Waals surface area (Å²) in [5.74, 6) is 2.53. The highest BCUT2D eigenvalue weighted by Crippen LogP contribution is 2.19. The fourth-order valence-electron chi connectivity index (χ4n) is 2.35. The van der Waals surface area contributed by atoms with Crippen LogP contribution in [0.15, 0.2) is 6.07 Å². The number of hydrogen-bond acceptors (Lipinski definition) is 5. The number of carbonyl (C=O) groups excluding carboxylic acids is 1. The lowest BCUT2D eigenvalue weighted by Gasteiger charge is -2.23. The van der Waals surface area contributed by atoms with Crippen molar-refractivity contribution < 1.29 is 4.79 Å². The molecule has 2 rings (SSSR count). The zero-order valence-corrected chi connectivity index (χ0v) is 12.5. The molecule has 0 atom stereocenters. The number of nitrogens with zero attached hydrogens (tertiary/aromatic N) is 4. The van der Waals surface area contributed by atoms with E-state index in [1.165, 1.54) is 0 Å². The minimum Gasteiger partial charge on any atom is -0.384 e. The summed E-state index contributed by atoms with van der Waals surface area (Å²) in [6.07, 6.45) is 0.945. The van der Waals surface area contributed by atoms with Crippen molar-refractivity contribution in [2.45, 2.75) is 33.1 Å². The van der Waals surface area contributed by atoms with E-state index in [-0.39, 0.29) is 11.8 Å². The van der Waals surface area contributed by atoms with Crippen molar-refractivity contribution in [3.63, 3.8) is 0 Å². The first-order valence-electron chi connectivity index (χ1n) is 7.12. The standard InChI is InChI=1S/C14H23N5O/c1-10(2)14-16-12(15)9-13(17-14)19-6-4-5-18(7-8-19)11(3)20/h9-10H,4-8H2,1-3H3,(H2,15,16,17). The lowest BCUT2D eigenvalue weighted by Crippen LogP contribution is -2.34. The molecule has 0 bridgehead atoms. The number of carbonyl (C=O) groups is 1. The summed E-state index contributed by atoms with van der Waals surface area (Å²) in [6, 6.07) is 1.81. The van der Waals surface area contributed by atoms with Gasteiger partial charge in [0.1, 0.15) is 17.5 Å². The minimum atomic E-state index is 0.136. The third kappa shape index (κ3) is 3.37. The number of aromatic nitrogens is 2. The molecule has 0 aromatic carbocycles. The van der Waals surface area contributed by atoms with Crippen LogP contribution in [0, 0.1) is 0 Å². The Kier molecular flexibility index (Phi) is 4.42. The van der Waals surface area contributed by atoms with E-state index in [0.717, 1.165) is 44.2 Å². The molecular weight excluding hydrogens is 254 g/mol. The number of nitrogen functional groups attached to an aromatic ring is 1. The maximum atomic E-state index is 11.5. The zero-order valence-electron chi connectivity index (χ0n) is 12.5. The van der Waals surface area contributed by atoms with Crippen LogP contribution in [0.4, 0.5) is 11.6 Å². The van der Waals surface area contributed by atoms with E-state index in [1.54, 1.807) is 6.92 Å². The van der Waals surface area contributed by atoms with Gasteiger partial charge < -0.3 is 15.5 Å². The predicted molar refractivity (Wildman–Crippen MR) is 79.6 cm³/mol. The Balaban J connectivity index is 2.17. The lowest BCUT2D eigenvalue weighted by molar-refractivity contribution is -0.128. The van der Waals surface area contributed by atoms with Gasteiger partial charge in [0.2, 0.25) is 5.91 Å². The Bertz CT molecular complexity index is 488. The molecule has 1 amide bonds. The van der Waals surface area contributed by atoms with Crippen molar-refractivity contribution in [3.8, 4) is 0 Å². The van der Waals surface area contributed by atoms with Crippen molar-refractivity contribution in [3.05, 3.63) is 11.9 Å². The molecule has 0 aliphatic carbocycles. The summed E-state index contributed by atoms with van der Waals surface area (Å²) in [4.78, 5) is 24.4. The normalized spacial score (nSPS) is 16.4. The van der Waals surface area contributed by atoms with Gasteiger partial charge in [0.25, 0.3) is 0 Å². The van der Waals surface area contributed by atoms with Gasteiger partial charge in [0.15, 0.2) is 0 Å². The molecule has 1 aliphatic rings. The van der Waals surface area contributed by atoms with Gasteiger partial charge in [-0.2, -0.15) is 0 Å². The maximum Gasteiger partial charge on any atom is 0.219 e. The average molecular weight is 277 g/mol. The molecule has 0 unspecified atom stereocenters. The molecule has 110 valence electrons. The van der Waals surface area contributed by atoms with E-state index in [4.69, 9.17) is 5.73 Å². The third-order valence-electron chi connectivity index (χ3n) is 3.53. The van der Waals surface area contributed by atoms with E-state index in [1.807, 2.05) is 11.0 Å². The smallest absolute Gasteiger partial charge is 0.219 e. The molecule has 0 radical (unpaired) electrons. The van der Waals surface area contributed by atoms with Gasteiger partial charge in [-0.05, 0) is 6.42 Å². The molecule has 1 saturated heterocycles. The van der Waals surface area contributed by atoms with Crippen molar-refractivity contribution in [1.29, 1.82) is 0 Å². The van der Waals surface area contributed by atoms with Crippen molar-refractivity contribution in [2.75, 3.05) is 36.8 Å². The van der Waals surface area contributed by atoms with Gasteiger partial charge in [-0.25, -0.2) is 9.97 Å². The van der Waals surface area contributed by atoms with Gasteiger partial charge in [-0.1, -0.05) is 13.8 Å². The van der Waals surface area contributed by atoms with Gasteiger partial charge >= 0.3 is 0 Å². The second-order valence-corrected chi connectivity index (χ2v) is 5.51. The molecule has 2 N–H and O–H groups in total. The Morgan fingerprint density at radius 3 is 2.65 bits per heavy atom. The second-order valence-electron chi connectivity index (χ2n) is 5.51. The number of hydrogen-bond donors (Lipinski definition) is 1. The second kappa shape index (κ2) is 6.07. The monoisotopic (exact) mass is 277 g/mol. The Hall–Kier alpha value is -1.85. The van der Waals surface area contributed by atoms with Crippen molar-refractivity contribution >= 4 is 17.5 Å². The molecule has 1 fully saturated rings. The number of anilines is 2. The molecule has 20 heavy (non-hydrogen) atoms. The first-order chi connectivity index (χ1) is 9.47. The number of amides is 1. The van der Waals surface area contributed by atoms with Crippen LogP contribution in [0.5, 0.6) is 0 Å². The topological polar surface area (TPSA) is 75.4 Å². The highest BCUT2D eigenvalue weighted by atomic mass is 16.2. The van der Waals surface area contributed by atoms with Crippen molar-refractivity contribution in [1.82, 2.24) is 14.9 Å². The Morgan fingerprint density at radius 2 is 2.00 bits per heavy atom. The van der Waals surface area contributed by atoms with Gasteiger partial charge in [0, 0.05) is 45.1 Å². The molecule has 0 spiro atoms. The molecule has 6 nitrogen and oxygen atoms in total. The minimum absolute atomic E-state index is 0.136. The lowest BCUT2D eigenvalue weighted by atomic mass is 10.2. The number of rotatable bonds is 2. The van der Waals surface area contributed by atoms with Gasteiger partial charge in [0.05, 0.1) is 0 Å². The summed E-state index contributed by atoms with van der Waals surface area (Å²) < 4.78 is 0. The van der Waals surface area contributed by atoms with E-state index in [0.29, 0.717) is 5.82 Å². The van der Waals surface area contributed by atoms with Crippen LogP contribution in [-0.4, -0.2) is 47.0 Å². The van der Waals surface area contributed by atoms with E-state index in [2.05, 4.69) is 28.7 Å². The Labute approximate surface area is 120 Å². The molecule has 6 heteroatoms. The highest BCUT2D eigenvalue weighted by Gasteiger charge is 2.18. The van der Waals surface area contributed by atoms with Crippen LogP contribution in [-0.2, 0) is 4.79 Å². The van der Waals surface area contributed by atoms with Gasteiger partial charge in [-0.3, -0.25) is 4.79 Å². The van der Waals surface area contributed by atoms with Gasteiger partial charge in [-0.15, -0.1) is 0 Å². The zero-order chi connectivity index (χ0) is 14.7. The van der Waals surface area contributed by atoms with Crippen LogP contribution in [0.2, 0.25) is 0 Å². The summed E-state index contributed by atoms with van der Waals surface area (Å²) in [5.41, 5.74) is 5.88. The predicted octanol–water partition coefficient (Wildman–Crippen LogP) is 1.24. The quantitative estimate of drug-likeness (QED) is 0.880. The fraction of sp³-hybridized carbons (Fsp3) is 0.643.